The van der Waals surface area contributed by atoms with Gasteiger partial charge in [0, 0.05) is 12.4 Å². The van der Waals surface area contributed by atoms with E-state index in [9.17, 15) is 13.2 Å². The molecule has 0 bridgehead atoms. The van der Waals surface area contributed by atoms with E-state index in [1.165, 1.54) is 70.2 Å². The molecule has 0 spiro atoms. The standard InChI is InChI=1S/C21H31F3N2/c1-2-3-4-15-5-7-16(8-6-15)17-9-11-18(12-10-17)19-13-25-20(26-14-19)21(22,23)24/h13-18H,2-12H2,1H3. The third kappa shape index (κ3) is 4.98. The van der Waals surface area contributed by atoms with Gasteiger partial charge >= 0.3 is 6.18 Å². The number of rotatable bonds is 5. The molecule has 1 aromatic heterocycles. The van der Waals surface area contributed by atoms with Gasteiger partial charge in [-0.1, -0.05) is 39.0 Å². The molecule has 26 heavy (non-hydrogen) atoms. The zero-order valence-electron chi connectivity index (χ0n) is 15.8. The molecule has 0 saturated heterocycles. The number of hydrogen-bond acceptors (Lipinski definition) is 2. The lowest BCUT2D eigenvalue weighted by molar-refractivity contribution is -0.145. The van der Waals surface area contributed by atoms with Crippen molar-refractivity contribution in [3.8, 4) is 0 Å². The van der Waals surface area contributed by atoms with Gasteiger partial charge in [-0.2, -0.15) is 13.2 Å². The third-order valence-corrected chi connectivity index (χ3v) is 6.69. The first kappa shape index (κ1) is 19.6. The summed E-state index contributed by atoms with van der Waals surface area (Å²) >= 11 is 0. The lowest BCUT2D eigenvalue weighted by Crippen LogP contribution is -2.25. The maximum atomic E-state index is 12.6. The second-order valence-corrected chi connectivity index (χ2v) is 8.37. The second kappa shape index (κ2) is 8.71. The Balaban J connectivity index is 1.46. The molecule has 1 aromatic rings. The highest BCUT2D eigenvalue weighted by Crippen LogP contribution is 2.44. The van der Waals surface area contributed by atoms with Crippen LogP contribution in [0, 0.1) is 17.8 Å². The van der Waals surface area contributed by atoms with E-state index in [0.717, 1.165) is 36.2 Å². The van der Waals surface area contributed by atoms with Crippen molar-refractivity contribution in [3.05, 3.63) is 23.8 Å². The van der Waals surface area contributed by atoms with Crippen LogP contribution in [-0.2, 0) is 6.18 Å². The maximum absolute atomic E-state index is 12.6. The molecule has 2 fully saturated rings. The van der Waals surface area contributed by atoms with Gasteiger partial charge in [0.25, 0.3) is 0 Å². The average Bonchev–Trinajstić information content (AvgIpc) is 2.66. The summed E-state index contributed by atoms with van der Waals surface area (Å²) in [6.45, 7) is 2.27. The van der Waals surface area contributed by atoms with Crippen molar-refractivity contribution in [2.24, 2.45) is 17.8 Å². The monoisotopic (exact) mass is 368 g/mol. The summed E-state index contributed by atoms with van der Waals surface area (Å²) in [5.74, 6) is 1.93. The zero-order valence-corrected chi connectivity index (χ0v) is 15.8. The van der Waals surface area contributed by atoms with Crippen LogP contribution in [0.3, 0.4) is 0 Å². The molecule has 0 aromatic carbocycles. The molecule has 1 heterocycles. The molecular formula is C21H31F3N2. The predicted octanol–water partition coefficient (Wildman–Crippen LogP) is 6.77. The highest BCUT2D eigenvalue weighted by atomic mass is 19.4. The van der Waals surface area contributed by atoms with Gasteiger partial charge in [-0.05, 0) is 67.8 Å². The second-order valence-electron chi connectivity index (χ2n) is 8.37. The summed E-state index contributed by atoms with van der Waals surface area (Å²) in [6, 6.07) is 0. The van der Waals surface area contributed by atoms with Crippen LogP contribution in [0.15, 0.2) is 12.4 Å². The van der Waals surface area contributed by atoms with E-state index in [1.54, 1.807) is 0 Å². The first-order chi connectivity index (χ1) is 12.5. The van der Waals surface area contributed by atoms with Crippen LogP contribution >= 0.6 is 0 Å². The maximum Gasteiger partial charge on any atom is 0.451 e. The summed E-state index contributed by atoms with van der Waals surface area (Å²) < 4.78 is 37.8. The van der Waals surface area contributed by atoms with Crippen molar-refractivity contribution in [1.82, 2.24) is 9.97 Å². The van der Waals surface area contributed by atoms with E-state index in [4.69, 9.17) is 0 Å². The van der Waals surface area contributed by atoms with Gasteiger partial charge in [-0.25, -0.2) is 9.97 Å². The van der Waals surface area contributed by atoms with Crippen molar-refractivity contribution in [2.45, 2.75) is 89.6 Å². The van der Waals surface area contributed by atoms with Crippen molar-refractivity contribution in [1.29, 1.82) is 0 Å². The first-order valence-corrected chi connectivity index (χ1v) is 10.4. The van der Waals surface area contributed by atoms with E-state index >= 15 is 0 Å². The number of unbranched alkanes of at least 4 members (excludes halogenated alkanes) is 1. The normalized spacial score (nSPS) is 30.3. The van der Waals surface area contributed by atoms with Gasteiger partial charge in [0.1, 0.15) is 0 Å². The minimum Gasteiger partial charge on any atom is -0.233 e. The van der Waals surface area contributed by atoms with Crippen LogP contribution < -0.4 is 0 Å². The Morgan fingerprint density at radius 3 is 1.92 bits per heavy atom. The van der Waals surface area contributed by atoms with Crippen LogP contribution in [-0.4, -0.2) is 9.97 Å². The Labute approximate surface area is 155 Å². The third-order valence-electron chi connectivity index (χ3n) is 6.69. The largest absolute Gasteiger partial charge is 0.451 e. The molecule has 2 aliphatic carbocycles. The van der Waals surface area contributed by atoms with Gasteiger partial charge < -0.3 is 0 Å². The molecule has 0 unspecified atom stereocenters. The SMILES string of the molecule is CCCCC1CCC(C2CCC(c3cnc(C(F)(F)F)nc3)CC2)CC1. The Hall–Kier alpha value is -1.13. The van der Waals surface area contributed by atoms with Gasteiger partial charge in [-0.3, -0.25) is 0 Å². The van der Waals surface area contributed by atoms with Gasteiger partial charge in [0.05, 0.1) is 0 Å². The van der Waals surface area contributed by atoms with Gasteiger partial charge in [0.2, 0.25) is 5.82 Å². The molecule has 3 rings (SSSR count). The topological polar surface area (TPSA) is 25.8 Å². The van der Waals surface area contributed by atoms with Crippen LogP contribution in [0.5, 0.6) is 0 Å². The Morgan fingerprint density at radius 2 is 1.42 bits per heavy atom. The zero-order chi connectivity index (χ0) is 18.6. The summed E-state index contributed by atoms with van der Waals surface area (Å²) in [4.78, 5) is 7.06. The minimum absolute atomic E-state index is 0.328. The fraction of sp³-hybridized carbons (Fsp3) is 0.810. The lowest BCUT2D eigenvalue weighted by atomic mass is 9.68. The molecule has 0 aliphatic heterocycles. The molecule has 0 radical (unpaired) electrons. The van der Waals surface area contributed by atoms with E-state index in [2.05, 4.69) is 16.9 Å². The molecule has 146 valence electrons. The molecule has 2 saturated carbocycles. The van der Waals surface area contributed by atoms with Crippen LogP contribution in [0.1, 0.15) is 94.9 Å². The van der Waals surface area contributed by atoms with E-state index < -0.39 is 12.0 Å². The average molecular weight is 368 g/mol. The highest BCUT2D eigenvalue weighted by molar-refractivity contribution is 5.13. The van der Waals surface area contributed by atoms with Crippen molar-refractivity contribution < 1.29 is 13.2 Å². The fourth-order valence-corrected chi connectivity index (χ4v) is 5.06. The summed E-state index contributed by atoms with van der Waals surface area (Å²) in [5.41, 5.74) is 0.875. The Morgan fingerprint density at radius 1 is 0.885 bits per heavy atom. The Bertz CT molecular complexity index is 539. The van der Waals surface area contributed by atoms with E-state index in [1.807, 2.05) is 0 Å². The number of aromatic nitrogens is 2. The number of halogens is 3. The smallest absolute Gasteiger partial charge is 0.233 e. The molecule has 0 atom stereocenters. The van der Waals surface area contributed by atoms with Crippen LogP contribution in [0.25, 0.3) is 0 Å². The fourth-order valence-electron chi connectivity index (χ4n) is 5.06. The summed E-state index contributed by atoms with van der Waals surface area (Å²) in [5, 5.41) is 0. The van der Waals surface area contributed by atoms with Crippen LogP contribution in [0.4, 0.5) is 13.2 Å². The summed E-state index contributed by atoms with van der Waals surface area (Å²) in [7, 11) is 0. The number of hydrogen-bond donors (Lipinski definition) is 0. The molecule has 5 heteroatoms. The minimum atomic E-state index is -4.45. The number of nitrogens with zero attached hydrogens (tertiary/aromatic N) is 2. The molecule has 0 amide bonds. The van der Waals surface area contributed by atoms with E-state index in [0.29, 0.717) is 5.92 Å². The Kier molecular flexibility index (Phi) is 6.57. The molecule has 2 nitrogen and oxygen atoms in total. The van der Waals surface area contributed by atoms with Gasteiger partial charge in [-0.15, -0.1) is 0 Å². The van der Waals surface area contributed by atoms with Crippen molar-refractivity contribution in [2.75, 3.05) is 0 Å². The first-order valence-electron chi connectivity index (χ1n) is 10.4. The van der Waals surface area contributed by atoms with Gasteiger partial charge in [0.15, 0.2) is 0 Å². The van der Waals surface area contributed by atoms with Crippen molar-refractivity contribution in [3.63, 3.8) is 0 Å². The molecular weight excluding hydrogens is 337 g/mol. The van der Waals surface area contributed by atoms with Crippen molar-refractivity contribution >= 4 is 0 Å². The lowest BCUT2D eigenvalue weighted by Gasteiger charge is -2.38. The highest BCUT2D eigenvalue weighted by Gasteiger charge is 2.35. The van der Waals surface area contributed by atoms with E-state index in [-0.39, 0.29) is 0 Å². The molecule has 0 N–H and O–H groups in total. The molecule has 2 aliphatic rings. The summed E-state index contributed by atoms with van der Waals surface area (Å²) in [6.07, 6.45) is 12.5. The number of alkyl halides is 3. The van der Waals surface area contributed by atoms with Crippen LogP contribution in [0.2, 0.25) is 0 Å². The quantitative estimate of drug-likeness (QED) is 0.573. The predicted molar refractivity (Wildman–Crippen MR) is 96.7 cm³/mol.